The molecular weight excluding hydrogens is 304 g/mol. The lowest BCUT2D eigenvalue weighted by Gasteiger charge is -2.50. The van der Waals surface area contributed by atoms with Crippen LogP contribution in [0.15, 0.2) is 12.1 Å². The van der Waals surface area contributed by atoms with Gasteiger partial charge in [0.1, 0.15) is 5.75 Å². The fourth-order valence-electron chi connectivity index (χ4n) is 6.10. The van der Waals surface area contributed by atoms with Crippen molar-refractivity contribution in [1.29, 1.82) is 0 Å². The van der Waals surface area contributed by atoms with Crippen LogP contribution < -0.4 is 0 Å². The van der Waals surface area contributed by atoms with Gasteiger partial charge in [-0.15, -0.1) is 0 Å². The summed E-state index contributed by atoms with van der Waals surface area (Å²) in [7, 11) is 0. The highest BCUT2D eigenvalue weighted by atomic mass is 16.4. The molecular formula is C20H26O4. The topological polar surface area (TPSA) is 77.8 Å². The van der Waals surface area contributed by atoms with Crippen LogP contribution in [-0.2, 0) is 17.6 Å². The standard InChI is InChI=1S/C20H26O4/c1-20-7-6-15-14(16(20)4-5-17(20)22)3-2-11-8-13(21)9-12(19(11)15)10-18(23)24/h8-9,14-17,21-22H,2-7,10H2,1H3,(H,23,24)/t14-,15+,16+,17+,20+/m1/s1. The second kappa shape index (κ2) is 5.48. The molecule has 0 aliphatic heterocycles. The molecule has 4 heteroatoms. The van der Waals surface area contributed by atoms with Crippen molar-refractivity contribution < 1.29 is 20.1 Å². The van der Waals surface area contributed by atoms with Gasteiger partial charge in [0.2, 0.25) is 0 Å². The van der Waals surface area contributed by atoms with Crippen LogP contribution in [0, 0.1) is 17.3 Å². The highest BCUT2D eigenvalue weighted by Crippen LogP contribution is 2.61. The van der Waals surface area contributed by atoms with Crippen LogP contribution >= 0.6 is 0 Å². The molecule has 2 fully saturated rings. The number of phenolic OH excluding ortho intramolecular Hbond substituents is 1. The van der Waals surface area contributed by atoms with Crippen LogP contribution in [0.4, 0.5) is 0 Å². The molecule has 0 radical (unpaired) electrons. The number of aryl methyl sites for hydroxylation is 1. The number of benzene rings is 1. The number of carboxylic acid groups (broad SMARTS) is 1. The van der Waals surface area contributed by atoms with Gasteiger partial charge >= 0.3 is 5.97 Å². The lowest BCUT2D eigenvalue weighted by atomic mass is 9.55. The van der Waals surface area contributed by atoms with E-state index in [-0.39, 0.29) is 23.7 Å². The molecule has 1 aromatic carbocycles. The minimum absolute atomic E-state index is 0.0233. The van der Waals surface area contributed by atoms with Gasteiger partial charge in [0.05, 0.1) is 12.5 Å². The molecule has 130 valence electrons. The molecule has 0 amide bonds. The van der Waals surface area contributed by atoms with Crippen molar-refractivity contribution >= 4 is 5.97 Å². The first-order chi connectivity index (χ1) is 11.4. The van der Waals surface area contributed by atoms with Gasteiger partial charge in [-0.2, -0.15) is 0 Å². The Hall–Kier alpha value is -1.55. The molecule has 3 N–H and O–H groups in total. The number of fused-ring (bicyclic) bond motifs is 5. The highest BCUT2D eigenvalue weighted by molar-refractivity contribution is 5.71. The fraction of sp³-hybridized carbons (Fsp3) is 0.650. The average Bonchev–Trinajstić information content (AvgIpc) is 2.81. The third-order valence-corrected chi connectivity index (χ3v) is 7.18. The van der Waals surface area contributed by atoms with Crippen molar-refractivity contribution in [2.45, 2.75) is 63.9 Å². The quantitative estimate of drug-likeness (QED) is 0.778. The number of phenols is 1. The van der Waals surface area contributed by atoms with E-state index in [9.17, 15) is 20.1 Å². The maximum absolute atomic E-state index is 11.3. The van der Waals surface area contributed by atoms with Crippen LogP contribution in [-0.4, -0.2) is 27.4 Å². The lowest BCUT2D eigenvalue weighted by Crippen LogP contribution is -2.44. The van der Waals surface area contributed by atoms with Crippen molar-refractivity contribution in [2.24, 2.45) is 17.3 Å². The van der Waals surface area contributed by atoms with Crippen LogP contribution in [0.2, 0.25) is 0 Å². The van der Waals surface area contributed by atoms with E-state index < -0.39 is 5.97 Å². The summed E-state index contributed by atoms with van der Waals surface area (Å²) in [5, 5.41) is 29.7. The van der Waals surface area contributed by atoms with Gasteiger partial charge in [0.25, 0.3) is 0 Å². The van der Waals surface area contributed by atoms with Crippen LogP contribution in [0.1, 0.15) is 61.6 Å². The zero-order valence-corrected chi connectivity index (χ0v) is 14.2. The summed E-state index contributed by atoms with van der Waals surface area (Å²) in [6, 6.07) is 3.47. The Kier molecular flexibility index (Phi) is 3.64. The van der Waals surface area contributed by atoms with Gasteiger partial charge in [-0.1, -0.05) is 6.92 Å². The third kappa shape index (κ3) is 2.26. The number of aromatic hydroxyl groups is 1. The Morgan fingerprint density at radius 3 is 2.79 bits per heavy atom. The predicted octanol–water partition coefficient (Wildman–Crippen LogP) is 3.24. The minimum atomic E-state index is -0.846. The summed E-state index contributed by atoms with van der Waals surface area (Å²) in [6.45, 7) is 2.25. The van der Waals surface area contributed by atoms with Crippen LogP contribution in [0.3, 0.4) is 0 Å². The van der Waals surface area contributed by atoms with E-state index in [1.54, 1.807) is 6.07 Å². The molecule has 0 spiro atoms. The largest absolute Gasteiger partial charge is 0.508 e. The van der Waals surface area contributed by atoms with E-state index >= 15 is 0 Å². The molecule has 1 aromatic rings. The van der Waals surface area contributed by atoms with E-state index in [0.717, 1.165) is 49.7 Å². The second-order valence-corrected chi connectivity index (χ2v) is 8.30. The summed E-state index contributed by atoms with van der Waals surface area (Å²) in [4.78, 5) is 11.3. The van der Waals surface area contributed by atoms with Gasteiger partial charge < -0.3 is 15.3 Å². The molecule has 4 rings (SSSR count). The molecule has 0 bridgehead atoms. The summed E-state index contributed by atoms with van der Waals surface area (Å²) in [5.41, 5.74) is 3.14. The van der Waals surface area contributed by atoms with E-state index in [1.807, 2.05) is 6.07 Å². The second-order valence-electron chi connectivity index (χ2n) is 8.30. The van der Waals surface area contributed by atoms with Crippen molar-refractivity contribution in [2.75, 3.05) is 0 Å². The van der Waals surface area contributed by atoms with E-state index in [2.05, 4.69) is 6.92 Å². The number of aliphatic carboxylic acids is 1. The van der Waals surface area contributed by atoms with Crippen molar-refractivity contribution in [3.05, 3.63) is 28.8 Å². The molecule has 5 atom stereocenters. The minimum Gasteiger partial charge on any atom is -0.508 e. The molecule has 0 aromatic heterocycles. The number of aliphatic hydroxyl groups excluding tert-OH is 1. The molecule has 24 heavy (non-hydrogen) atoms. The number of aliphatic hydroxyl groups is 1. The van der Waals surface area contributed by atoms with Gasteiger partial charge in [-0.25, -0.2) is 0 Å². The lowest BCUT2D eigenvalue weighted by molar-refractivity contribution is -0.136. The fourth-order valence-corrected chi connectivity index (χ4v) is 6.10. The summed E-state index contributed by atoms with van der Waals surface area (Å²) in [5.74, 6) is 0.783. The summed E-state index contributed by atoms with van der Waals surface area (Å²) in [6.07, 6.45) is 5.77. The van der Waals surface area contributed by atoms with Gasteiger partial charge in [0, 0.05) is 0 Å². The monoisotopic (exact) mass is 330 g/mol. The number of carboxylic acids is 1. The maximum Gasteiger partial charge on any atom is 0.307 e. The molecule has 0 unspecified atom stereocenters. The third-order valence-electron chi connectivity index (χ3n) is 7.18. The Bertz CT molecular complexity index is 682. The van der Waals surface area contributed by atoms with E-state index in [0.29, 0.717) is 17.8 Å². The number of hydrogen-bond donors (Lipinski definition) is 3. The Morgan fingerprint density at radius 2 is 2.04 bits per heavy atom. The zero-order chi connectivity index (χ0) is 17.1. The molecule has 2 saturated carbocycles. The zero-order valence-electron chi connectivity index (χ0n) is 14.2. The first-order valence-corrected chi connectivity index (χ1v) is 9.14. The van der Waals surface area contributed by atoms with Crippen LogP contribution in [0.5, 0.6) is 5.75 Å². The van der Waals surface area contributed by atoms with Crippen LogP contribution in [0.25, 0.3) is 0 Å². The number of rotatable bonds is 2. The Balaban J connectivity index is 1.75. The van der Waals surface area contributed by atoms with Crippen molar-refractivity contribution in [3.63, 3.8) is 0 Å². The van der Waals surface area contributed by atoms with Crippen molar-refractivity contribution in [1.82, 2.24) is 0 Å². The maximum atomic E-state index is 11.3. The Morgan fingerprint density at radius 1 is 1.25 bits per heavy atom. The molecule has 3 aliphatic rings. The summed E-state index contributed by atoms with van der Waals surface area (Å²) < 4.78 is 0. The number of hydrogen-bond acceptors (Lipinski definition) is 3. The highest BCUT2D eigenvalue weighted by Gasteiger charge is 2.54. The average molecular weight is 330 g/mol. The van der Waals surface area contributed by atoms with E-state index in [4.69, 9.17) is 0 Å². The Labute approximate surface area is 142 Å². The molecule has 4 nitrogen and oxygen atoms in total. The van der Waals surface area contributed by atoms with Gasteiger partial charge in [-0.3, -0.25) is 4.79 Å². The normalized spacial score (nSPS) is 37.4. The van der Waals surface area contributed by atoms with Gasteiger partial charge in [0.15, 0.2) is 0 Å². The van der Waals surface area contributed by atoms with Crippen molar-refractivity contribution in [3.8, 4) is 5.75 Å². The number of carbonyl (C=O) groups is 1. The molecule has 0 saturated heterocycles. The molecule has 3 aliphatic carbocycles. The molecule has 0 heterocycles. The SMILES string of the molecule is C[C@]12CC[C@@H]3c4c(cc(O)cc4CC(=O)O)CC[C@H]3[C@@H]1CC[C@@H]2O. The van der Waals surface area contributed by atoms with Gasteiger partial charge in [-0.05, 0) is 90.5 Å². The first-order valence-electron chi connectivity index (χ1n) is 9.14. The smallest absolute Gasteiger partial charge is 0.307 e. The van der Waals surface area contributed by atoms with E-state index in [1.165, 1.54) is 5.56 Å². The predicted molar refractivity (Wildman–Crippen MR) is 90.1 cm³/mol. The summed E-state index contributed by atoms with van der Waals surface area (Å²) >= 11 is 0. The first kappa shape index (κ1) is 15.9.